The van der Waals surface area contributed by atoms with Crippen molar-refractivity contribution < 1.29 is 60.9 Å². The van der Waals surface area contributed by atoms with Gasteiger partial charge in [-0.15, -0.1) is 18.0 Å². The molecule has 0 aliphatic rings. The summed E-state index contributed by atoms with van der Waals surface area (Å²) in [6, 6.07) is 90.6. The van der Waals surface area contributed by atoms with Gasteiger partial charge in [-0.3, -0.25) is 24.0 Å². The first-order chi connectivity index (χ1) is 72.8. The quantitative estimate of drug-likeness (QED) is 0.0101. The minimum absolute atomic E-state index is 0.0749. The number of rotatable bonds is 34. The number of nitrogens with zero attached hydrogens (tertiary/aromatic N) is 12. The number of pyridine rings is 2. The van der Waals surface area contributed by atoms with Gasteiger partial charge in [0, 0.05) is 92.8 Å². The van der Waals surface area contributed by atoms with E-state index in [0.29, 0.717) is 127 Å². The normalized spacial score (nSPS) is 10.2. The maximum Gasteiger partial charge on any atom is 0.417 e. The number of hydrogen-bond acceptors (Lipinski definition) is 29. The average molecular weight is 2050 g/mol. The van der Waals surface area contributed by atoms with Crippen LogP contribution in [0.5, 0.6) is 46.4 Å². The smallest absolute Gasteiger partial charge is 0.417 e. The molecule has 0 spiro atoms. The zero-order chi connectivity index (χ0) is 106. The number of alkyl halides is 4. The molecule has 36 nitrogen and oxygen atoms in total. The lowest BCUT2D eigenvalue weighted by molar-refractivity contribution is -0.137. The number of ether oxygens (including phenoxy) is 4. The van der Waals surface area contributed by atoms with Gasteiger partial charge in [0.05, 0.1) is 10.6 Å². The number of terminal acetylenes is 1. The number of aromatic nitrogens is 12. The lowest BCUT2D eigenvalue weighted by Gasteiger charge is -2.12. The van der Waals surface area contributed by atoms with E-state index in [1.54, 1.807) is 140 Å². The highest BCUT2D eigenvalue weighted by Gasteiger charge is 2.34. The molecule has 7 aromatic heterocycles. The first-order valence-corrected chi connectivity index (χ1v) is 45.6. The van der Waals surface area contributed by atoms with Crippen molar-refractivity contribution >= 4 is 180 Å². The first kappa shape index (κ1) is 107. The Morgan fingerprint density at radius 3 is 1.09 bits per heavy atom. The van der Waals surface area contributed by atoms with Gasteiger partial charge in [-0.05, 0) is 237 Å². The molecular formula is C109H89Cl2F3N26O10. The minimum atomic E-state index is -4.66. The second kappa shape index (κ2) is 54.4. The van der Waals surface area contributed by atoms with E-state index in [0.717, 1.165) is 51.8 Å². The Morgan fingerprint density at radius 1 is 0.313 bits per heavy atom. The van der Waals surface area contributed by atoms with Crippen LogP contribution in [0.2, 0.25) is 5.02 Å². The van der Waals surface area contributed by atoms with Crippen molar-refractivity contribution in [1.29, 1.82) is 0 Å². The molecule has 0 saturated heterocycles. The molecule has 17 rings (SSSR count). The predicted molar refractivity (Wildman–Crippen MR) is 576 cm³/mol. The van der Waals surface area contributed by atoms with Gasteiger partial charge in [0.2, 0.25) is 47.2 Å². The van der Waals surface area contributed by atoms with Crippen LogP contribution < -0.4 is 93.4 Å². The van der Waals surface area contributed by atoms with Crippen LogP contribution in [0, 0.1) is 19.3 Å². The molecule has 7 heterocycles. The number of para-hydroxylation sites is 2. The van der Waals surface area contributed by atoms with Crippen LogP contribution in [0.15, 0.2) is 398 Å². The van der Waals surface area contributed by atoms with E-state index in [-0.39, 0.29) is 47.0 Å². The molecule has 0 bridgehead atoms. The van der Waals surface area contributed by atoms with Crippen molar-refractivity contribution in [2.75, 3.05) is 80.3 Å². The fraction of sp³-hybridized carbons (Fsp3) is 0.0275. The highest BCUT2D eigenvalue weighted by molar-refractivity contribution is 6.31. The second-order valence-electron chi connectivity index (χ2n) is 30.6. The summed E-state index contributed by atoms with van der Waals surface area (Å²) in [6.45, 7) is 15.7. The number of amides is 7. The fourth-order valence-electron chi connectivity index (χ4n) is 12.7. The lowest BCUT2D eigenvalue weighted by atomic mass is 10.2. The van der Waals surface area contributed by atoms with Gasteiger partial charge < -0.3 is 93.4 Å². The number of hydrogen-bond donors (Lipinski definition) is 14. The Balaban J connectivity index is 0.000000158. The summed E-state index contributed by atoms with van der Waals surface area (Å²) < 4.78 is 62.2. The molecule has 0 radical (unpaired) electrons. The minimum Gasteiger partial charge on any atom is -0.457 e. The highest BCUT2D eigenvalue weighted by Crippen LogP contribution is 2.38. The number of aryl methyl sites for hydroxylation is 1. The number of nitrogens with one attached hydrogen (secondary N) is 14. The fourth-order valence-corrected chi connectivity index (χ4v) is 12.9. The monoisotopic (exact) mass is 2050 g/mol. The Kier molecular flexibility index (Phi) is 38.7. The third-order valence-corrected chi connectivity index (χ3v) is 19.9. The highest BCUT2D eigenvalue weighted by atomic mass is 35.5. The average Bonchev–Trinajstić information content (AvgIpc) is 0.804. The molecule has 14 N–H and O–H groups in total. The van der Waals surface area contributed by atoms with Gasteiger partial charge in [0.25, 0.3) is 0 Å². The van der Waals surface area contributed by atoms with Gasteiger partial charge in [-0.1, -0.05) is 129 Å². The van der Waals surface area contributed by atoms with Gasteiger partial charge in [0.15, 0.2) is 0 Å². The Labute approximate surface area is 866 Å². The largest absolute Gasteiger partial charge is 0.457 e. The van der Waals surface area contributed by atoms with Gasteiger partial charge in [0.1, 0.15) is 130 Å². The topological polar surface area (TPSA) is 462 Å². The van der Waals surface area contributed by atoms with Crippen LogP contribution in [0.25, 0.3) is 0 Å². The maximum atomic E-state index is 13.0. The van der Waals surface area contributed by atoms with E-state index in [9.17, 15) is 41.9 Å². The Morgan fingerprint density at radius 2 is 0.647 bits per heavy atom. The zero-order valence-corrected chi connectivity index (χ0v) is 80.7. The van der Waals surface area contributed by atoms with E-state index in [1.807, 2.05) is 165 Å². The molecule has 10 aromatic carbocycles. The molecule has 17 aromatic rings. The first-order valence-electron chi connectivity index (χ1n) is 44.7. The summed E-state index contributed by atoms with van der Waals surface area (Å²) >= 11 is 11.1. The number of benzene rings is 10. The summed E-state index contributed by atoms with van der Waals surface area (Å²) in [5, 5.41) is 39.7. The zero-order valence-electron chi connectivity index (χ0n) is 79.2. The van der Waals surface area contributed by atoms with E-state index in [2.05, 4.69) is 166 Å². The second-order valence-corrected chi connectivity index (χ2v) is 31.3. The van der Waals surface area contributed by atoms with Crippen LogP contribution >= 0.6 is 23.2 Å². The van der Waals surface area contributed by atoms with Crippen LogP contribution in [0.4, 0.5) is 139 Å². The summed E-state index contributed by atoms with van der Waals surface area (Å²) in [5.74, 6) is 10.8. The molecule has 0 aliphatic heterocycles. The Bertz CT molecular complexity index is 7640. The Hall–Kier alpha value is -20.8. The van der Waals surface area contributed by atoms with Crippen molar-refractivity contribution in [3.63, 3.8) is 0 Å². The summed E-state index contributed by atoms with van der Waals surface area (Å²) in [4.78, 5) is 120. The van der Waals surface area contributed by atoms with Crippen molar-refractivity contribution in [2.45, 2.75) is 13.1 Å². The van der Waals surface area contributed by atoms with E-state index in [1.165, 1.54) is 62.0 Å². The number of carbonyl (C=O) groups is 6. The molecule has 0 fully saturated rings. The van der Waals surface area contributed by atoms with Crippen LogP contribution in [-0.2, 0) is 30.1 Å². The van der Waals surface area contributed by atoms with E-state index in [4.69, 9.17) is 48.6 Å². The molecular weight excluding hydrogens is 1960 g/mol. The molecule has 0 unspecified atom stereocenters. The van der Waals surface area contributed by atoms with Crippen LogP contribution in [0.1, 0.15) is 16.7 Å². The molecule has 0 aliphatic carbocycles. The predicted octanol–water partition coefficient (Wildman–Crippen LogP) is 24.8. The third kappa shape index (κ3) is 35.7. The van der Waals surface area contributed by atoms with Gasteiger partial charge >= 0.3 is 12.2 Å². The number of halogens is 5. The maximum absolute atomic E-state index is 13.0. The summed E-state index contributed by atoms with van der Waals surface area (Å²) in [7, 11) is 0. The molecule has 750 valence electrons. The lowest BCUT2D eigenvalue weighted by Crippen LogP contribution is -2.19. The number of urea groups is 1. The van der Waals surface area contributed by atoms with Crippen molar-refractivity contribution in [3.8, 4) is 58.7 Å². The third-order valence-electron chi connectivity index (χ3n) is 19.3. The molecule has 7 amide bonds. The molecule has 0 saturated carbocycles. The number of anilines is 21. The van der Waals surface area contributed by atoms with Gasteiger partial charge in [-0.2, -0.15) is 13.2 Å². The number of carbonyl (C=O) groups excluding carboxylic acids is 6. The summed E-state index contributed by atoms with van der Waals surface area (Å²) in [6.07, 6.45) is 12.6. The van der Waals surface area contributed by atoms with Crippen molar-refractivity contribution in [2.24, 2.45) is 0 Å². The van der Waals surface area contributed by atoms with Crippen molar-refractivity contribution in [3.05, 3.63) is 419 Å². The van der Waals surface area contributed by atoms with E-state index >= 15 is 0 Å². The molecule has 41 heteroatoms. The van der Waals surface area contributed by atoms with Crippen molar-refractivity contribution in [1.82, 2.24) is 59.8 Å². The SMILES string of the molecule is C#Cc1cccc(Nc2cc(Nc3cccc(NC(=O)C=C)c3)ncn2)c1.C=CC(=O)Nc1cccc(Nc2cc(Nc3ccccc3)ncn2)c1.C=CC(=O)Nc1cccc(Nc2cc(Oc3ccc(Oc4ccccc4)cc3)ncn2)n1.C=CC(=O)Nc1cccc(Nc2cc(Oc3cccc(C)c3)ncn2)n1.O=C(CCl)Nc1cccc(Nc2cc(Oc3ccc(NC(=O)Nc4ccc(Cl)c(C(F)(F)F)c4)cc3)ncn2)c1. The molecule has 0 atom stereocenters. The molecule has 150 heavy (non-hydrogen) atoms. The van der Waals surface area contributed by atoms with Crippen LogP contribution in [-0.4, -0.2) is 101 Å². The standard InChI is InChI=1S/C26H19Cl2F3N6O3.C24H19N5O3.C21H17N5O.C19H17N5O2.C19H17N5O/c27-13-23(38)35-17-3-1-2-16(10-17)34-22-12-24(33-14-32-22)40-19-7-4-15(5-8-19)36-25(39)37-18-6-9-21(28)20(11-18)26(29,30)31;1-2-23(30)29-21-10-6-9-20(27-21)28-22-15-24(26-16-25-22)32-19-13-11-18(12-14-19)31-17-7-4-3-5-8-17;1-3-15-7-5-8-16(11-15)24-19-13-20(23-14-22-19)25-17-9-6-10-18(12-17)26-21(27)4-2;1-3-18(25)24-16-9-5-8-15(22-16)23-17-11-19(21-12-20-17)26-14-7-4-6-13(2)10-14;1-2-19(25)24-16-10-6-9-15(11-16)23-18-12-17(20-13-21-18)22-14-7-4-3-5-8-14/h1-12,14H,13H2,(H,35,38)(H,32,33,34)(H2,36,37,39);2-16H,1H2,(H2,25,26,27,28,29,30);1,4-14H,2H2,(H,26,27)(H2,22,23,24,25);3-12H,1H2,2H3,(H2,20,21,22,23,24,25);2-13H,1H2,(H,24,25)(H2,20,21,22,23). The summed E-state index contributed by atoms with van der Waals surface area (Å²) in [5.41, 5.74) is 7.00. The van der Waals surface area contributed by atoms with E-state index < -0.39 is 22.8 Å². The van der Waals surface area contributed by atoms with Crippen LogP contribution in [0.3, 0.4) is 0 Å². The van der Waals surface area contributed by atoms with Gasteiger partial charge in [-0.25, -0.2) is 64.6 Å².